The largest absolute Gasteiger partial charge is 0.481 e. The van der Waals surface area contributed by atoms with E-state index in [1.807, 2.05) is 0 Å². The number of urea groups is 1. The van der Waals surface area contributed by atoms with Crippen LogP contribution in [0.3, 0.4) is 0 Å². The number of carbonyl (C=O) groups is 2. The van der Waals surface area contributed by atoms with Gasteiger partial charge in [0.05, 0.1) is 0 Å². The molecule has 8 heteroatoms. The van der Waals surface area contributed by atoms with E-state index < -0.39 is 5.97 Å². The number of carboxylic acid groups (broad SMARTS) is 1. The second-order valence-corrected chi connectivity index (χ2v) is 4.95. The third-order valence-electron chi connectivity index (χ3n) is 3.44. The van der Waals surface area contributed by atoms with Crippen molar-refractivity contribution in [2.24, 2.45) is 5.92 Å². The zero-order valence-electron chi connectivity index (χ0n) is 11.2. The van der Waals surface area contributed by atoms with Crippen LogP contribution in [0.2, 0.25) is 0 Å². The number of aromatic amines is 1. The average Bonchev–Trinajstić information content (AvgIpc) is 3.07. The topological polar surface area (TPSA) is 111 Å². The number of nitrogens with zero attached hydrogens (tertiary/aromatic N) is 3. The van der Waals surface area contributed by atoms with Gasteiger partial charge in [0.1, 0.15) is 12.2 Å². The molecular formula is C12H19N5O3. The van der Waals surface area contributed by atoms with Gasteiger partial charge in [0.15, 0.2) is 0 Å². The van der Waals surface area contributed by atoms with Gasteiger partial charge in [-0.05, 0) is 18.8 Å². The fourth-order valence-electron chi connectivity index (χ4n) is 2.33. The van der Waals surface area contributed by atoms with Crippen molar-refractivity contribution in [1.29, 1.82) is 0 Å². The molecule has 0 radical (unpaired) electrons. The quantitative estimate of drug-likeness (QED) is 0.691. The lowest BCUT2D eigenvalue weighted by Gasteiger charge is -2.17. The Hall–Kier alpha value is -2.12. The van der Waals surface area contributed by atoms with Crippen molar-refractivity contribution < 1.29 is 14.7 Å². The Balaban J connectivity index is 1.65. The molecule has 2 rings (SSSR count). The normalized spacial score (nSPS) is 18.2. The van der Waals surface area contributed by atoms with E-state index in [9.17, 15) is 9.59 Å². The van der Waals surface area contributed by atoms with Crippen LogP contribution in [0, 0.1) is 5.92 Å². The summed E-state index contributed by atoms with van der Waals surface area (Å²) in [6.45, 7) is 1.84. The van der Waals surface area contributed by atoms with Crippen LogP contribution in [0.1, 0.15) is 25.1 Å². The van der Waals surface area contributed by atoms with Crippen LogP contribution in [0.5, 0.6) is 0 Å². The molecule has 1 aliphatic heterocycles. The van der Waals surface area contributed by atoms with Crippen LogP contribution >= 0.6 is 0 Å². The molecule has 2 heterocycles. The maximum Gasteiger partial charge on any atom is 0.317 e. The molecule has 0 spiro atoms. The molecular weight excluding hydrogens is 262 g/mol. The molecule has 0 aromatic carbocycles. The second kappa shape index (κ2) is 6.88. The van der Waals surface area contributed by atoms with Gasteiger partial charge in [0, 0.05) is 32.5 Å². The number of nitrogens with one attached hydrogen (secondary N) is 2. The Labute approximate surface area is 116 Å². The van der Waals surface area contributed by atoms with E-state index in [0.29, 0.717) is 38.4 Å². The molecule has 3 N–H and O–H groups in total. The lowest BCUT2D eigenvalue weighted by Crippen LogP contribution is -2.39. The maximum absolute atomic E-state index is 11.9. The van der Waals surface area contributed by atoms with Crippen molar-refractivity contribution in [3.8, 4) is 0 Å². The summed E-state index contributed by atoms with van der Waals surface area (Å²) in [6.07, 6.45) is 3.73. The van der Waals surface area contributed by atoms with Gasteiger partial charge in [-0.3, -0.25) is 9.89 Å². The number of aromatic nitrogens is 3. The lowest BCUT2D eigenvalue weighted by molar-refractivity contribution is -0.137. The summed E-state index contributed by atoms with van der Waals surface area (Å²) in [4.78, 5) is 28.1. The summed E-state index contributed by atoms with van der Waals surface area (Å²) in [7, 11) is 0. The van der Waals surface area contributed by atoms with E-state index in [0.717, 1.165) is 12.2 Å². The van der Waals surface area contributed by atoms with Crippen LogP contribution < -0.4 is 5.32 Å². The third-order valence-corrected chi connectivity index (χ3v) is 3.44. The molecule has 1 fully saturated rings. The molecule has 1 atom stereocenters. The Kier molecular flexibility index (Phi) is 4.91. The average molecular weight is 281 g/mol. The van der Waals surface area contributed by atoms with Crippen molar-refractivity contribution in [2.45, 2.75) is 25.7 Å². The molecule has 0 aliphatic carbocycles. The molecule has 8 nitrogen and oxygen atoms in total. The van der Waals surface area contributed by atoms with Crippen molar-refractivity contribution in [2.75, 3.05) is 19.6 Å². The summed E-state index contributed by atoms with van der Waals surface area (Å²) in [5, 5.41) is 17.9. The zero-order chi connectivity index (χ0) is 14.4. The molecule has 0 bridgehead atoms. The Morgan fingerprint density at radius 3 is 3.10 bits per heavy atom. The summed E-state index contributed by atoms with van der Waals surface area (Å²) in [5.74, 6) is 0.261. The van der Waals surface area contributed by atoms with Gasteiger partial charge < -0.3 is 15.3 Å². The minimum atomic E-state index is -0.778. The summed E-state index contributed by atoms with van der Waals surface area (Å²) in [6, 6.07) is -0.0951. The maximum atomic E-state index is 11.9. The number of rotatable bonds is 6. The number of H-pyrrole nitrogens is 1. The molecule has 0 saturated carbocycles. The Bertz CT molecular complexity index is 448. The summed E-state index contributed by atoms with van der Waals surface area (Å²) >= 11 is 0. The van der Waals surface area contributed by atoms with Crippen molar-refractivity contribution in [3.05, 3.63) is 12.2 Å². The van der Waals surface area contributed by atoms with E-state index in [1.165, 1.54) is 6.33 Å². The minimum Gasteiger partial charge on any atom is -0.481 e. The highest BCUT2D eigenvalue weighted by Gasteiger charge is 2.26. The van der Waals surface area contributed by atoms with Gasteiger partial charge in [0.25, 0.3) is 0 Å². The zero-order valence-corrected chi connectivity index (χ0v) is 11.2. The first-order valence-corrected chi connectivity index (χ1v) is 6.74. The van der Waals surface area contributed by atoms with E-state index in [2.05, 4.69) is 20.5 Å². The fourth-order valence-corrected chi connectivity index (χ4v) is 2.33. The van der Waals surface area contributed by atoms with Gasteiger partial charge in [-0.15, -0.1) is 0 Å². The molecule has 2 amide bonds. The molecule has 110 valence electrons. The van der Waals surface area contributed by atoms with Crippen LogP contribution in [0.25, 0.3) is 0 Å². The van der Waals surface area contributed by atoms with Gasteiger partial charge in [0.2, 0.25) is 0 Å². The summed E-state index contributed by atoms with van der Waals surface area (Å²) in [5.41, 5.74) is 0. The second-order valence-electron chi connectivity index (χ2n) is 4.95. The first kappa shape index (κ1) is 14.3. The number of likely N-dealkylation sites (tertiary alicyclic amines) is 1. The van der Waals surface area contributed by atoms with Crippen LogP contribution in [-0.2, 0) is 11.2 Å². The van der Waals surface area contributed by atoms with Gasteiger partial charge in [-0.25, -0.2) is 9.78 Å². The first-order chi connectivity index (χ1) is 9.65. The molecule has 1 aromatic heterocycles. The predicted octanol–water partition coefficient (Wildman–Crippen LogP) is 0.243. The lowest BCUT2D eigenvalue weighted by atomic mass is 10.0. The Morgan fingerprint density at radius 2 is 2.40 bits per heavy atom. The van der Waals surface area contributed by atoms with Crippen molar-refractivity contribution in [3.63, 3.8) is 0 Å². The SMILES string of the molecule is O=C(O)CCC1CCN(C(=O)NCCc2ncn[nH]2)C1. The summed E-state index contributed by atoms with van der Waals surface area (Å²) < 4.78 is 0. The van der Waals surface area contributed by atoms with E-state index >= 15 is 0 Å². The molecule has 1 unspecified atom stereocenters. The highest BCUT2D eigenvalue weighted by atomic mass is 16.4. The van der Waals surface area contributed by atoms with Gasteiger partial charge in [-0.2, -0.15) is 5.10 Å². The Morgan fingerprint density at radius 1 is 1.55 bits per heavy atom. The number of carboxylic acids is 1. The molecule has 1 aromatic rings. The van der Waals surface area contributed by atoms with E-state index in [4.69, 9.17) is 5.11 Å². The van der Waals surface area contributed by atoms with Crippen molar-refractivity contribution in [1.82, 2.24) is 25.4 Å². The number of carbonyl (C=O) groups excluding carboxylic acids is 1. The van der Waals surface area contributed by atoms with Crippen LogP contribution in [-0.4, -0.2) is 56.8 Å². The number of aliphatic carboxylic acids is 1. The monoisotopic (exact) mass is 281 g/mol. The highest BCUT2D eigenvalue weighted by molar-refractivity contribution is 5.74. The third kappa shape index (κ3) is 4.22. The fraction of sp³-hybridized carbons (Fsp3) is 0.667. The number of hydrogen-bond acceptors (Lipinski definition) is 4. The standard InChI is InChI=1S/C12H19N5O3/c18-11(19)2-1-9-4-6-17(7-9)12(20)13-5-3-10-14-8-15-16-10/h8-9H,1-7H2,(H,13,20)(H,18,19)(H,14,15,16). The van der Waals surface area contributed by atoms with Gasteiger partial charge in [-0.1, -0.05) is 0 Å². The number of amides is 2. The van der Waals surface area contributed by atoms with Crippen LogP contribution in [0.15, 0.2) is 6.33 Å². The van der Waals surface area contributed by atoms with E-state index in [1.54, 1.807) is 4.90 Å². The minimum absolute atomic E-state index is 0.0951. The van der Waals surface area contributed by atoms with Gasteiger partial charge >= 0.3 is 12.0 Å². The molecule has 1 saturated heterocycles. The van der Waals surface area contributed by atoms with E-state index in [-0.39, 0.29) is 12.5 Å². The first-order valence-electron chi connectivity index (χ1n) is 6.74. The smallest absolute Gasteiger partial charge is 0.317 e. The van der Waals surface area contributed by atoms with Crippen LogP contribution in [0.4, 0.5) is 4.79 Å². The molecule has 1 aliphatic rings. The highest BCUT2D eigenvalue weighted by Crippen LogP contribution is 2.20. The predicted molar refractivity (Wildman–Crippen MR) is 70.0 cm³/mol. The molecule has 20 heavy (non-hydrogen) atoms. The number of hydrogen-bond donors (Lipinski definition) is 3. The van der Waals surface area contributed by atoms with Crippen molar-refractivity contribution >= 4 is 12.0 Å².